The van der Waals surface area contributed by atoms with Crippen molar-refractivity contribution in [3.63, 3.8) is 0 Å². The van der Waals surface area contributed by atoms with Gasteiger partial charge in [0, 0.05) is 16.6 Å². The molecule has 0 saturated carbocycles. The van der Waals surface area contributed by atoms with Crippen molar-refractivity contribution in [3.05, 3.63) is 33.8 Å². The minimum absolute atomic E-state index is 0.0188. The lowest BCUT2D eigenvalue weighted by molar-refractivity contribution is -0.133. The summed E-state index contributed by atoms with van der Waals surface area (Å²) in [6.07, 6.45) is 0.729. The number of carboxylic acid groups (broad SMARTS) is 1. The Morgan fingerprint density at radius 1 is 1.38 bits per heavy atom. The maximum Gasteiger partial charge on any atom is 0.313 e. The number of thioether (sulfide) groups is 1. The van der Waals surface area contributed by atoms with Crippen LogP contribution in [0, 0.1) is 0 Å². The molecular formula is C12H11Cl2N3O2S2. The molecule has 0 aliphatic carbocycles. The third-order valence-electron chi connectivity index (χ3n) is 2.41. The van der Waals surface area contributed by atoms with Gasteiger partial charge in [-0.3, -0.25) is 4.79 Å². The number of carboxylic acids is 1. The lowest BCUT2D eigenvalue weighted by Gasteiger charge is -2.05. The smallest absolute Gasteiger partial charge is 0.313 e. The average molecular weight is 364 g/mol. The molecule has 0 saturated heterocycles. The summed E-state index contributed by atoms with van der Waals surface area (Å²) in [5, 5.41) is 21.5. The van der Waals surface area contributed by atoms with E-state index in [2.05, 4.69) is 15.5 Å². The quantitative estimate of drug-likeness (QED) is 0.730. The van der Waals surface area contributed by atoms with Crippen LogP contribution in [0.25, 0.3) is 0 Å². The second kappa shape index (κ2) is 7.84. The third-order valence-corrected chi connectivity index (χ3v) is 5.00. The monoisotopic (exact) mass is 363 g/mol. The van der Waals surface area contributed by atoms with E-state index >= 15 is 0 Å². The molecule has 1 heterocycles. The fourth-order valence-corrected chi connectivity index (χ4v) is 3.49. The second-order valence-corrected chi connectivity index (χ2v) is 7.01. The van der Waals surface area contributed by atoms with Gasteiger partial charge in [0.25, 0.3) is 0 Å². The van der Waals surface area contributed by atoms with Gasteiger partial charge in [-0.25, -0.2) is 0 Å². The van der Waals surface area contributed by atoms with Gasteiger partial charge in [0.15, 0.2) is 4.34 Å². The van der Waals surface area contributed by atoms with Gasteiger partial charge in [-0.05, 0) is 24.1 Å². The van der Waals surface area contributed by atoms with Crippen molar-refractivity contribution in [1.29, 1.82) is 0 Å². The molecule has 2 aromatic rings. The van der Waals surface area contributed by atoms with Crippen LogP contribution in [-0.2, 0) is 11.2 Å². The van der Waals surface area contributed by atoms with E-state index in [0.717, 1.165) is 23.7 Å². The van der Waals surface area contributed by atoms with E-state index < -0.39 is 5.97 Å². The molecular weight excluding hydrogens is 353 g/mol. The average Bonchev–Trinajstić information content (AvgIpc) is 2.87. The highest BCUT2D eigenvalue weighted by atomic mass is 35.5. The largest absolute Gasteiger partial charge is 0.481 e. The van der Waals surface area contributed by atoms with Crippen LogP contribution in [0.1, 0.15) is 5.56 Å². The number of rotatable bonds is 7. The molecule has 0 radical (unpaired) electrons. The van der Waals surface area contributed by atoms with Crippen molar-refractivity contribution in [2.75, 3.05) is 17.6 Å². The molecule has 1 aromatic heterocycles. The minimum atomic E-state index is -0.873. The maximum atomic E-state index is 10.5. The third kappa shape index (κ3) is 5.35. The molecule has 0 unspecified atom stereocenters. The zero-order valence-electron chi connectivity index (χ0n) is 10.7. The first-order valence-corrected chi connectivity index (χ1v) is 8.46. The zero-order chi connectivity index (χ0) is 15.2. The number of hydrogen-bond donors (Lipinski definition) is 2. The molecule has 0 atom stereocenters. The van der Waals surface area contributed by atoms with Gasteiger partial charge in [0.1, 0.15) is 0 Å². The van der Waals surface area contributed by atoms with Gasteiger partial charge < -0.3 is 10.4 Å². The highest BCUT2D eigenvalue weighted by molar-refractivity contribution is 8.01. The summed E-state index contributed by atoms with van der Waals surface area (Å²) in [6, 6.07) is 5.40. The van der Waals surface area contributed by atoms with Crippen LogP contribution in [0.3, 0.4) is 0 Å². The first-order valence-electron chi connectivity index (χ1n) is 5.90. The predicted octanol–water partition coefficient (Wildman–Crippen LogP) is 3.68. The molecule has 0 aliphatic rings. The number of nitrogens with one attached hydrogen (secondary N) is 1. The maximum absolute atomic E-state index is 10.5. The molecule has 2 N–H and O–H groups in total. The van der Waals surface area contributed by atoms with Crippen LogP contribution < -0.4 is 5.32 Å². The molecule has 1 aromatic carbocycles. The Hall–Kier alpha value is -1.02. The summed E-state index contributed by atoms with van der Waals surface area (Å²) >= 11 is 14.4. The first kappa shape index (κ1) is 16.4. The summed E-state index contributed by atoms with van der Waals surface area (Å²) in [5.74, 6) is -0.892. The first-order chi connectivity index (χ1) is 10.0. The predicted molar refractivity (Wildman–Crippen MR) is 86.9 cm³/mol. The zero-order valence-corrected chi connectivity index (χ0v) is 13.8. The van der Waals surface area contributed by atoms with E-state index in [0.29, 0.717) is 26.1 Å². The molecule has 0 spiro atoms. The van der Waals surface area contributed by atoms with Crippen LogP contribution >= 0.6 is 46.3 Å². The molecule has 0 aliphatic heterocycles. The van der Waals surface area contributed by atoms with E-state index in [-0.39, 0.29) is 5.75 Å². The van der Waals surface area contributed by atoms with Gasteiger partial charge >= 0.3 is 5.97 Å². The number of aromatic nitrogens is 2. The van der Waals surface area contributed by atoms with Gasteiger partial charge in [-0.15, -0.1) is 10.2 Å². The van der Waals surface area contributed by atoms with E-state index in [1.807, 2.05) is 6.07 Å². The standard InChI is InChI=1S/C12H11Cl2N3O2S2/c13-8-2-1-7(9(14)5-8)3-4-15-11-16-17-12(21-11)20-6-10(18)19/h1-2,5H,3-4,6H2,(H,15,16)(H,18,19). The normalized spacial score (nSPS) is 10.6. The summed E-state index contributed by atoms with van der Waals surface area (Å²) in [6.45, 7) is 0.652. The summed E-state index contributed by atoms with van der Waals surface area (Å²) in [7, 11) is 0. The topological polar surface area (TPSA) is 75.1 Å². The van der Waals surface area contributed by atoms with E-state index in [4.69, 9.17) is 28.3 Å². The highest BCUT2D eigenvalue weighted by Gasteiger charge is 2.07. The molecule has 112 valence electrons. The Kier molecular flexibility index (Phi) is 6.10. The van der Waals surface area contributed by atoms with E-state index in [9.17, 15) is 4.79 Å². The summed E-state index contributed by atoms with van der Waals surface area (Å²) < 4.78 is 0.629. The van der Waals surface area contributed by atoms with Crippen molar-refractivity contribution in [3.8, 4) is 0 Å². The van der Waals surface area contributed by atoms with Gasteiger partial charge in [0.2, 0.25) is 5.13 Å². The molecule has 5 nitrogen and oxygen atoms in total. The number of hydrogen-bond acceptors (Lipinski definition) is 6. The van der Waals surface area contributed by atoms with E-state index in [1.165, 1.54) is 11.3 Å². The number of nitrogens with zero attached hydrogens (tertiary/aromatic N) is 2. The molecule has 2 rings (SSSR count). The Morgan fingerprint density at radius 2 is 2.19 bits per heavy atom. The van der Waals surface area contributed by atoms with Crippen molar-refractivity contribution in [1.82, 2.24) is 10.2 Å². The molecule has 9 heteroatoms. The number of carbonyl (C=O) groups is 1. The van der Waals surface area contributed by atoms with Crippen LogP contribution in [0.2, 0.25) is 10.0 Å². The van der Waals surface area contributed by atoms with Crippen molar-refractivity contribution in [2.45, 2.75) is 10.8 Å². The Labute approximate surface area is 139 Å². The van der Waals surface area contributed by atoms with Crippen LogP contribution in [0.4, 0.5) is 5.13 Å². The Morgan fingerprint density at radius 3 is 2.90 bits per heavy atom. The SMILES string of the molecule is O=C(O)CSc1nnc(NCCc2ccc(Cl)cc2Cl)s1. The number of aliphatic carboxylic acids is 1. The van der Waals surface area contributed by atoms with Gasteiger partial charge in [-0.1, -0.05) is 52.4 Å². The van der Waals surface area contributed by atoms with Crippen LogP contribution in [-0.4, -0.2) is 33.6 Å². The molecule has 0 amide bonds. The highest BCUT2D eigenvalue weighted by Crippen LogP contribution is 2.25. The lowest BCUT2D eigenvalue weighted by Crippen LogP contribution is -2.04. The van der Waals surface area contributed by atoms with Crippen LogP contribution in [0.15, 0.2) is 22.5 Å². The van der Waals surface area contributed by atoms with Crippen molar-refractivity contribution >= 4 is 57.4 Å². The summed E-state index contributed by atoms with van der Waals surface area (Å²) in [4.78, 5) is 10.5. The minimum Gasteiger partial charge on any atom is -0.481 e. The fourth-order valence-electron chi connectivity index (χ4n) is 1.49. The number of benzene rings is 1. The number of halogens is 2. The number of anilines is 1. The molecule has 21 heavy (non-hydrogen) atoms. The van der Waals surface area contributed by atoms with Crippen LogP contribution in [0.5, 0.6) is 0 Å². The van der Waals surface area contributed by atoms with Gasteiger partial charge in [0.05, 0.1) is 5.75 Å². The van der Waals surface area contributed by atoms with Crippen molar-refractivity contribution < 1.29 is 9.90 Å². The second-order valence-electron chi connectivity index (χ2n) is 3.97. The lowest BCUT2D eigenvalue weighted by atomic mass is 10.1. The van der Waals surface area contributed by atoms with Gasteiger partial charge in [-0.2, -0.15) is 0 Å². The fraction of sp³-hybridized carbons (Fsp3) is 0.250. The Balaban J connectivity index is 1.82. The van der Waals surface area contributed by atoms with E-state index in [1.54, 1.807) is 12.1 Å². The Bertz CT molecular complexity index is 637. The summed E-state index contributed by atoms with van der Waals surface area (Å²) in [5.41, 5.74) is 0.999. The molecule has 0 bridgehead atoms. The molecule has 0 fully saturated rings. The van der Waals surface area contributed by atoms with Crippen molar-refractivity contribution in [2.24, 2.45) is 0 Å².